The molecule has 0 radical (unpaired) electrons. The van der Waals surface area contributed by atoms with Gasteiger partial charge in [-0.2, -0.15) is 0 Å². The SMILES string of the molecule is OCCN(CCO)CCO.[Mg+2]. The molecular weight excluding hydrogens is 158 g/mol. The minimum absolute atomic E-state index is 0. The molecule has 5 heteroatoms. The molecule has 0 heterocycles. The number of rotatable bonds is 6. The van der Waals surface area contributed by atoms with Crippen molar-refractivity contribution >= 4 is 23.1 Å². The molecule has 0 unspecified atom stereocenters. The van der Waals surface area contributed by atoms with Crippen molar-refractivity contribution in [3.05, 3.63) is 0 Å². The van der Waals surface area contributed by atoms with Crippen LogP contribution in [0.15, 0.2) is 0 Å². The van der Waals surface area contributed by atoms with Gasteiger partial charge in [-0.15, -0.1) is 0 Å². The number of aliphatic hydroxyl groups is 3. The van der Waals surface area contributed by atoms with Gasteiger partial charge in [-0.05, 0) is 0 Å². The fourth-order valence-corrected chi connectivity index (χ4v) is 0.760. The molecule has 0 saturated heterocycles. The van der Waals surface area contributed by atoms with Crippen LogP contribution in [0.4, 0.5) is 0 Å². The maximum absolute atomic E-state index is 8.48. The van der Waals surface area contributed by atoms with Crippen LogP contribution in [0.25, 0.3) is 0 Å². The summed E-state index contributed by atoms with van der Waals surface area (Å²) in [6.45, 7) is 1.75. The molecule has 0 aliphatic carbocycles. The first-order valence-electron chi connectivity index (χ1n) is 3.40. The van der Waals surface area contributed by atoms with Crippen LogP contribution >= 0.6 is 0 Å². The molecule has 0 rings (SSSR count). The molecular formula is C6H15MgNO3+2. The van der Waals surface area contributed by atoms with Gasteiger partial charge in [0, 0.05) is 19.6 Å². The molecule has 11 heavy (non-hydrogen) atoms. The first-order valence-corrected chi connectivity index (χ1v) is 3.40. The molecule has 0 atom stereocenters. The Hall–Kier alpha value is 0.606. The molecule has 0 saturated carbocycles. The van der Waals surface area contributed by atoms with E-state index in [1.54, 1.807) is 4.90 Å². The van der Waals surface area contributed by atoms with Gasteiger partial charge in [-0.3, -0.25) is 4.90 Å². The summed E-state index contributed by atoms with van der Waals surface area (Å²) < 4.78 is 0. The van der Waals surface area contributed by atoms with Crippen LogP contribution < -0.4 is 0 Å². The molecule has 0 aromatic heterocycles. The Labute approximate surface area is 83.0 Å². The first kappa shape index (κ1) is 14.1. The van der Waals surface area contributed by atoms with E-state index in [0.717, 1.165) is 0 Å². The third kappa shape index (κ3) is 8.51. The van der Waals surface area contributed by atoms with Crippen molar-refractivity contribution in [3.8, 4) is 0 Å². The van der Waals surface area contributed by atoms with Crippen molar-refractivity contribution in [1.82, 2.24) is 4.90 Å². The quantitative estimate of drug-likeness (QED) is 0.402. The van der Waals surface area contributed by atoms with Crippen LogP contribution in [0.3, 0.4) is 0 Å². The van der Waals surface area contributed by atoms with Gasteiger partial charge in [0.15, 0.2) is 0 Å². The van der Waals surface area contributed by atoms with E-state index in [9.17, 15) is 0 Å². The van der Waals surface area contributed by atoms with Gasteiger partial charge in [0.25, 0.3) is 0 Å². The van der Waals surface area contributed by atoms with Crippen molar-refractivity contribution in [2.45, 2.75) is 0 Å². The first-order chi connectivity index (χ1) is 4.85. The minimum Gasteiger partial charge on any atom is -0.395 e. The van der Waals surface area contributed by atoms with Crippen LogP contribution in [-0.4, -0.2) is 82.7 Å². The Kier molecular flexibility index (Phi) is 13.6. The van der Waals surface area contributed by atoms with E-state index >= 15 is 0 Å². The van der Waals surface area contributed by atoms with Crippen molar-refractivity contribution in [2.24, 2.45) is 0 Å². The van der Waals surface area contributed by atoms with Crippen molar-refractivity contribution in [2.75, 3.05) is 39.5 Å². The molecule has 62 valence electrons. The van der Waals surface area contributed by atoms with Crippen LogP contribution in [0.2, 0.25) is 0 Å². The van der Waals surface area contributed by atoms with Crippen LogP contribution in [0.1, 0.15) is 0 Å². The van der Waals surface area contributed by atoms with Gasteiger partial charge in [-0.25, -0.2) is 0 Å². The molecule has 4 nitrogen and oxygen atoms in total. The van der Waals surface area contributed by atoms with E-state index in [1.165, 1.54) is 0 Å². The van der Waals surface area contributed by atoms with Crippen LogP contribution in [0.5, 0.6) is 0 Å². The zero-order valence-electron chi connectivity index (χ0n) is 6.74. The van der Waals surface area contributed by atoms with Gasteiger partial charge in [-0.1, -0.05) is 0 Å². The smallest absolute Gasteiger partial charge is 0.395 e. The van der Waals surface area contributed by atoms with E-state index in [2.05, 4.69) is 0 Å². The Bertz CT molecular complexity index is 60.6. The summed E-state index contributed by atoms with van der Waals surface area (Å²) in [7, 11) is 0. The second kappa shape index (κ2) is 10.6. The summed E-state index contributed by atoms with van der Waals surface area (Å²) in [6.07, 6.45) is 0. The molecule has 0 bridgehead atoms. The Morgan fingerprint density at radius 3 is 1.18 bits per heavy atom. The Balaban J connectivity index is 0. The van der Waals surface area contributed by atoms with Crippen LogP contribution in [-0.2, 0) is 0 Å². The summed E-state index contributed by atoms with van der Waals surface area (Å²) in [6, 6.07) is 0. The Morgan fingerprint density at radius 1 is 0.727 bits per heavy atom. The average molecular weight is 173 g/mol. The fourth-order valence-electron chi connectivity index (χ4n) is 0.760. The molecule has 0 aromatic carbocycles. The molecule has 0 fully saturated rings. The second-order valence-corrected chi connectivity index (χ2v) is 2.01. The van der Waals surface area contributed by atoms with E-state index < -0.39 is 0 Å². The van der Waals surface area contributed by atoms with E-state index in [1.807, 2.05) is 0 Å². The largest absolute Gasteiger partial charge is 2.00 e. The summed E-state index contributed by atoms with van der Waals surface area (Å²) in [5.41, 5.74) is 0. The zero-order valence-corrected chi connectivity index (χ0v) is 8.15. The summed E-state index contributed by atoms with van der Waals surface area (Å²) in [5, 5.41) is 25.5. The molecule has 3 N–H and O–H groups in total. The predicted octanol–water partition coefficient (Wildman–Crippen LogP) is -2.12. The molecule has 0 aliphatic heterocycles. The number of hydrogen-bond donors (Lipinski definition) is 3. The van der Waals surface area contributed by atoms with Crippen molar-refractivity contribution in [1.29, 1.82) is 0 Å². The third-order valence-corrected chi connectivity index (χ3v) is 1.25. The van der Waals surface area contributed by atoms with Crippen molar-refractivity contribution < 1.29 is 15.3 Å². The zero-order chi connectivity index (χ0) is 7.82. The maximum Gasteiger partial charge on any atom is 2.00 e. The van der Waals surface area contributed by atoms with E-state index in [0.29, 0.717) is 19.6 Å². The van der Waals surface area contributed by atoms with Crippen LogP contribution in [0, 0.1) is 0 Å². The van der Waals surface area contributed by atoms with Crippen molar-refractivity contribution in [3.63, 3.8) is 0 Å². The summed E-state index contributed by atoms with van der Waals surface area (Å²) in [4.78, 5) is 1.79. The number of aliphatic hydroxyl groups excluding tert-OH is 3. The maximum atomic E-state index is 8.48. The summed E-state index contributed by atoms with van der Waals surface area (Å²) in [5.74, 6) is 0. The Morgan fingerprint density at radius 2 is 1.00 bits per heavy atom. The predicted molar refractivity (Wildman–Crippen MR) is 43.5 cm³/mol. The van der Waals surface area contributed by atoms with Gasteiger partial charge in [0.05, 0.1) is 19.8 Å². The average Bonchev–Trinajstić information content (AvgIpc) is 1.90. The second-order valence-electron chi connectivity index (χ2n) is 2.01. The third-order valence-electron chi connectivity index (χ3n) is 1.25. The monoisotopic (exact) mass is 173 g/mol. The van der Waals surface area contributed by atoms with Gasteiger partial charge >= 0.3 is 23.1 Å². The fraction of sp³-hybridized carbons (Fsp3) is 1.00. The van der Waals surface area contributed by atoms with Gasteiger partial charge < -0.3 is 15.3 Å². The van der Waals surface area contributed by atoms with E-state index in [4.69, 9.17) is 15.3 Å². The minimum atomic E-state index is 0. The number of hydrogen-bond acceptors (Lipinski definition) is 4. The topological polar surface area (TPSA) is 63.9 Å². The normalized spacial score (nSPS) is 9.82. The molecule has 0 spiro atoms. The van der Waals surface area contributed by atoms with E-state index in [-0.39, 0.29) is 42.9 Å². The standard InChI is InChI=1S/C6H15NO3.Mg/c8-4-1-7(2-5-9)3-6-10;/h8-10H,1-6H2;/q;+2. The van der Waals surface area contributed by atoms with Gasteiger partial charge in [0.2, 0.25) is 0 Å². The molecule has 0 aliphatic rings. The number of nitrogens with zero attached hydrogens (tertiary/aromatic N) is 1. The summed E-state index contributed by atoms with van der Waals surface area (Å²) >= 11 is 0. The van der Waals surface area contributed by atoms with Gasteiger partial charge in [0.1, 0.15) is 0 Å². The molecule has 0 amide bonds. The molecule has 0 aromatic rings.